The van der Waals surface area contributed by atoms with Gasteiger partial charge in [-0.15, -0.1) is 0 Å². The van der Waals surface area contributed by atoms with E-state index in [-0.39, 0.29) is 11.7 Å². The Labute approximate surface area is 98.9 Å². The maximum Gasteiger partial charge on any atom is 0.257 e. The Kier molecular flexibility index (Phi) is 3.05. The molecule has 2 aromatic rings. The topological polar surface area (TPSA) is 62.2 Å². The number of benzene rings is 1. The van der Waals surface area contributed by atoms with Gasteiger partial charge in [-0.1, -0.05) is 18.2 Å². The molecule has 0 radical (unpaired) electrons. The van der Waals surface area contributed by atoms with Crippen molar-refractivity contribution in [3.05, 3.63) is 53.7 Å². The van der Waals surface area contributed by atoms with Crippen molar-refractivity contribution >= 4 is 11.7 Å². The average molecular weight is 228 g/mol. The van der Waals surface area contributed by atoms with Crippen LogP contribution >= 0.6 is 0 Å². The number of aromatic hydroxyl groups is 1. The van der Waals surface area contributed by atoms with Gasteiger partial charge in [-0.05, 0) is 30.7 Å². The normalized spacial score (nSPS) is 9.94. The molecule has 0 unspecified atom stereocenters. The van der Waals surface area contributed by atoms with Crippen LogP contribution in [0.3, 0.4) is 0 Å². The molecule has 0 saturated carbocycles. The summed E-state index contributed by atoms with van der Waals surface area (Å²) in [6.07, 6.45) is 1.29. The van der Waals surface area contributed by atoms with E-state index in [1.807, 2.05) is 25.1 Å². The zero-order valence-electron chi connectivity index (χ0n) is 9.34. The minimum Gasteiger partial charge on any atom is -0.506 e. The first kappa shape index (κ1) is 11.1. The van der Waals surface area contributed by atoms with Crippen LogP contribution in [0.15, 0.2) is 42.6 Å². The molecule has 1 aromatic heterocycles. The Balaban J connectivity index is 2.17. The Morgan fingerprint density at radius 2 is 2.00 bits per heavy atom. The van der Waals surface area contributed by atoms with Gasteiger partial charge in [-0.2, -0.15) is 0 Å². The number of pyridine rings is 1. The molecular weight excluding hydrogens is 216 g/mol. The van der Waals surface area contributed by atoms with E-state index in [0.29, 0.717) is 11.4 Å². The molecule has 0 aliphatic carbocycles. The van der Waals surface area contributed by atoms with Gasteiger partial charge in [-0.25, -0.2) is 4.98 Å². The summed E-state index contributed by atoms with van der Waals surface area (Å²) in [5.41, 5.74) is 1.52. The molecule has 0 fully saturated rings. The monoisotopic (exact) mass is 228 g/mol. The van der Waals surface area contributed by atoms with E-state index >= 15 is 0 Å². The highest BCUT2D eigenvalue weighted by molar-refractivity contribution is 6.04. The molecule has 0 saturated heterocycles. The molecule has 0 atom stereocenters. The summed E-state index contributed by atoms with van der Waals surface area (Å²) in [4.78, 5) is 15.8. The molecule has 17 heavy (non-hydrogen) atoms. The van der Waals surface area contributed by atoms with Crippen LogP contribution in [0.25, 0.3) is 0 Å². The second kappa shape index (κ2) is 4.65. The minimum absolute atomic E-state index is 0.0684. The summed E-state index contributed by atoms with van der Waals surface area (Å²) in [7, 11) is 0. The standard InChI is InChI=1S/C13H12N2O2/c1-9-4-2-3-5-11(9)13(17)15-12-7-6-10(16)8-14-12/h2-8,16H,1H3,(H,14,15,17). The zero-order chi connectivity index (χ0) is 12.3. The zero-order valence-corrected chi connectivity index (χ0v) is 9.34. The highest BCUT2D eigenvalue weighted by atomic mass is 16.3. The van der Waals surface area contributed by atoms with Crippen molar-refractivity contribution < 1.29 is 9.90 Å². The molecule has 0 spiro atoms. The average Bonchev–Trinajstić information content (AvgIpc) is 2.32. The Morgan fingerprint density at radius 1 is 1.24 bits per heavy atom. The number of aromatic nitrogens is 1. The van der Waals surface area contributed by atoms with Crippen molar-refractivity contribution in [1.82, 2.24) is 4.98 Å². The molecule has 2 rings (SSSR count). The lowest BCUT2D eigenvalue weighted by molar-refractivity contribution is 0.102. The number of nitrogens with zero attached hydrogens (tertiary/aromatic N) is 1. The molecule has 0 aliphatic rings. The van der Waals surface area contributed by atoms with Crippen LogP contribution in [0, 0.1) is 6.92 Å². The molecule has 0 aliphatic heterocycles. The van der Waals surface area contributed by atoms with Gasteiger partial charge in [0, 0.05) is 5.56 Å². The van der Waals surface area contributed by atoms with Gasteiger partial charge < -0.3 is 10.4 Å². The van der Waals surface area contributed by atoms with Crippen molar-refractivity contribution in [1.29, 1.82) is 0 Å². The minimum atomic E-state index is -0.207. The SMILES string of the molecule is Cc1ccccc1C(=O)Nc1ccc(O)cn1. The molecule has 1 heterocycles. The lowest BCUT2D eigenvalue weighted by atomic mass is 10.1. The molecule has 4 heteroatoms. The maximum absolute atomic E-state index is 11.9. The summed E-state index contributed by atoms with van der Waals surface area (Å²) in [5.74, 6) is 0.274. The second-order valence-corrected chi connectivity index (χ2v) is 3.67. The quantitative estimate of drug-likeness (QED) is 0.829. The van der Waals surface area contributed by atoms with Gasteiger partial charge in [0.1, 0.15) is 11.6 Å². The molecular formula is C13H12N2O2. The predicted octanol–water partition coefficient (Wildman–Crippen LogP) is 2.35. The van der Waals surface area contributed by atoms with Crippen molar-refractivity contribution in [2.45, 2.75) is 6.92 Å². The fourth-order valence-electron chi connectivity index (χ4n) is 1.47. The van der Waals surface area contributed by atoms with E-state index in [0.717, 1.165) is 5.56 Å². The molecule has 86 valence electrons. The number of nitrogens with one attached hydrogen (secondary N) is 1. The Morgan fingerprint density at radius 3 is 2.65 bits per heavy atom. The van der Waals surface area contributed by atoms with Gasteiger partial charge in [0.05, 0.1) is 6.20 Å². The third kappa shape index (κ3) is 2.60. The largest absolute Gasteiger partial charge is 0.506 e. The summed E-state index contributed by atoms with van der Waals surface area (Å²) in [6, 6.07) is 10.3. The van der Waals surface area contributed by atoms with Crippen molar-refractivity contribution in [3.63, 3.8) is 0 Å². The van der Waals surface area contributed by atoms with Crippen LogP contribution in [-0.4, -0.2) is 16.0 Å². The first-order chi connectivity index (χ1) is 8.16. The van der Waals surface area contributed by atoms with Gasteiger partial charge in [0.2, 0.25) is 0 Å². The van der Waals surface area contributed by atoms with Gasteiger partial charge in [0.25, 0.3) is 5.91 Å². The number of carbonyl (C=O) groups excluding carboxylic acids is 1. The number of carbonyl (C=O) groups is 1. The molecule has 1 amide bonds. The fourth-order valence-corrected chi connectivity index (χ4v) is 1.47. The number of hydrogen-bond acceptors (Lipinski definition) is 3. The highest BCUT2D eigenvalue weighted by Gasteiger charge is 2.08. The second-order valence-electron chi connectivity index (χ2n) is 3.67. The molecule has 4 nitrogen and oxygen atoms in total. The van der Waals surface area contributed by atoms with Crippen LogP contribution in [0.1, 0.15) is 15.9 Å². The van der Waals surface area contributed by atoms with Gasteiger partial charge in [-0.3, -0.25) is 4.79 Å². The lowest BCUT2D eigenvalue weighted by Gasteiger charge is -2.06. The molecule has 0 bridgehead atoms. The maximum atomic E-state index is 11.9. The van der Waals surface area contributed by atoms with E-state index in [2.05, 4.69) is 10.3 Å². The Bertz CT molecular complexity index is 535. The first-order valence-corrected chi connectivity index (χ1v) is 5.19. The number of hydrogen-bond donors (Lipinski definition) is 2. The molecule has 1 aromatic carbocycles. The summed E-state index contributed by atoms with van der Waals surface area (Å²) in [5, 5.41) is 11.7. The third-order valence-electron chi connectivity index (χ3n) is 2.38. The highest BCUT2D eigenvalue weighted by Crippen LogP contribution is 2.12. The van der Waals surface area contributed by atoms with E-state index in [1.165, 1.54) is 12.3 Å². The van der Waals surface area contributed by atoms with Crippen LogP contribution in [0.4, 0.5) is 5.82 Å². The van der Waals surface area contributed by atoms with Crippen LogP contribution in [0.2, 0.25) is 0 Å². The van der Waals surface area contributed by atoms with Crippen molar-refractivity contribution in [2.75, 3.05) is 5.32 Å². The number of rotatable bonds is 2. The summed E-state index contributed by atoms with van der Waals surface area (Å²) >= 11 is 0. The van der Waals surface area contributed by atoms with E-state index in [4.69, 9.17) is 5.11 Å². The van der Waals surface area contributed by atoms with E-state index in [1.54, 1.807) is 12.1 Å². The fraction of sp³-hybridized carbons (Fsp3) is 0.0769. The van der Waals surface area contributed by atoms with E-state index in [9.17, 15) is 4.79 Å². The van der Waals surface area contributed by atoms with Crippen LogP contribution in [-0.2, 0) is 0 Å². The van der Waals surface area contributed by atoms with Crippen LogP contribution in [0.5, 0.6) is 5.75 Å². The number of aryl methyl sites for hydroxylation is 1. The van der Waals surface area contributed by atoms with E-state index < -0.39 is 0 Å². The number of anilines is 1. The summed E-state index contributed by atoms with van der Waals surface area (Å²) < 4.78 is 0. The van der Waals surface area contributed by atoms with Crippen LogP contribution < -0.4 is 5.32 Å². The third-order valence-corrected chi connectivity index (χ3v) is 2.38. The van der Waals surface area contributed by atoms with Crippen molar-refractivity contribution in [2.24, 2.45) is 0 Å². The summed E-state index contributed by atoms with van der Waals surface area (Å²) in [6.45, 7) is 1.87. The smallest absolute Gasteiger partial charge is 0.257 e. The molecule has 2 N–H and O–H groups in total. The van der Waals surface area contributed by atoms with Gasteiger partial charge >= 0.3 is 0 Å². The first-order valence-electron chi connectivity index (χ1n) is 5.19. The predicted molar refractivity (Wildman–Crippen MR) is 65.0 cm³/mol. The Hall–Kier alpha value is -2.36. The van der Waals surface area contributed by atoms with Gasteiger partial charge in [0.15, 0.2) is 0 Å². The lowest BCUT2D eigenvalue weighted by Crippen LogP contribution is -2.13. The van der Waals surface area contributed by atoms with Crippen molar-refractivity contribution in [3.8, 4) is 5.75 Å². The number of amides is 1.